The zero-order chi connectivity index (χ0) is 9.26. The van der Waals surface area contributed by atoms with Crippen molar-refractivity contribution in [3.05, 3.63) is 34.2 Å². The summed E-state index contributed by atoms with van der Waals surface area (Å²) in [5.41, 5.74) is 1.19. The maximum Gasteiger partial charge on any atom is 0.250 e. The molecular formula is C11H15NO. The minimum absolute atomic E-state index is 0.139. The van der Waals surface area contributed by atoms with Crippen LogP contribution in [0, 0.1) is 12.8 Å². The average molecular weight is 177 g/mol. The molecule has 2 rings (SSSR count). The van der Waals surface area contributed by atoms with Crippen molar-refractivity contribution in [3.8, 4) is 0 Å². The Balaban J connectivity index is 2.06. The number of hydrogen-bond acceptors (Lipinski definition) is 1. The summed E-state index contributed by atoms with van der Waals surface area (Å²) in [5.74, 6) is 0.896. The topological polar surface area (TPSA) is 22.0 Å². The minimum atomic E-state index is 0.139. The summed E-state index contributed by atoms with van der Waals surface area (Å²) < 4.78 is 1.81. The summed E-state index contributed by atoms with van der Waals surface area (Å²) >= 11 is 0. The number of nitrogens with zero attached hydrogens (tertiary/aromatic N) is 1. The van der Waals surface area contributed by atoms with Crippen LogP contribution in [0.3, 0.4) is 0 Å². The van der Waals surface area contributed by atoms with Gasteiger partial charge in [-0.3, -0.25) is 4.79 Å². The van der Waals surface area contributed by atoms with Crippen molar-refractivity contribution in [2.24, 2.45) is 5.92 Å². The summed E-state index contributed by atoms with van der Waals surface area (Å²) in [6.45, 7) is 2.84. The lowest BCUT2D eigenvalue weighted by Crippen LogP contribution is -2.18. The van der Waals surface area contributed by atoms with Crippen molar-refractivity contribution in [2.45, 2.75) is 32.7 Å². The van der Waals surface area contributed by atoms with Crippen molar-refractivity contribution in [2.75, 3.05) is 0 Å². The van der Waals surface area contributed by atoms with Crippen LogP contribution in [0.15, 0.2) is 23.1 Å². The van der Waals surface area contributed by atoms with Gasteiger partial charge in [-0.25, -0.2) is 0 Å². The Hall–Kier alpha value is -1.05. The van der Waals surface area contributed by atoms with Gasteiger partial charge in [-0.2, -0.15) is 0 Å². The highest BCUT2D eigenvalue weighted by Crippen LogP contribution is 2.32. The summed E-state index contributed by atoms with van der Waals surface area (Å²) in [6, 6.07) is 3.70. The maximum absolute atomic E-state index is 11.4. The van der Waals surface area contributed by atoms with Gasteiger partial charge in [0.2, 0.25) is 0 Å². The molecule has 0 saturated heterocycles. The van der Waals surface area contributed by atoms with Crippen LogP contribution < -0.4 is 5.56 Å². The van der Waals surface area contributed by atoms with Gasteiger partial charge in [0, 0.05) is 18.8 Å². The minimum Gasteiger partial charge on any atom is -0.316 e. The molecule has 1 aromatic heterocycles. The van der Waals surface area contributed by atoms with Crippen LogP contribution in [-0.4, -0.2) is 4.57 Å². The van der Waals surface area contributed by atoms with Crippen molar-refractivity contribution in [1.82, 2.24) is 4.57 Å². The molecule has 13 heavy (non-hydrogen) atoms. The molecule has 0 N–H and O–H groups in total. The normalized spacial score (nSPS) is 16.1. The highest BCUT2D eigenvalue weighted by molar-refractivity contribution is 5.07. The van der Waals surface area contributed by atoms with Crippen LogP contribution in [0.5, 0.6) is 0 Å². The van der Waals surface area contributed by atoms with Gasteiger partial charge in [0.25, 0.3) is 5.56 Å². The largest absolute Gasteiger partial charge is 0.316 e. The molecule has 70 valence electrons. The molecule has 1 heterocycles. The second kappa shape index (κ2) is 3.36. The highest BCUT2D eigenvalue weighted by atomic mass is 16.1. The van der Waals surface area contributed by atoms with E-state index in [0.717, 1.165) is 18.0 Å². The first-order valence-corrected chi connectivity index (χ1v) is 4.93. The van der Waals surface area contributed by atoms with E-state index in [1.807, 2.05) is 23.8 Å². The average Bonchev–Trinajstić information content (AvgIpc) is 2.86. The quantitative estimate of drug-likeness (QED) is 0.691. The molecule has 1 fully saturated rings. The van der Waals surface area contributed by atoms with Gasteiger partial charge < -0.3 is 4.57 Å². The molecule has 2 heteroatoms. The second-order valence-electron chi connectivity index (χ2n) is 3.97. The molecule has 0 aliphatic heterocycles. The third-order valence-corrected chi connectivity index (χ3v) is 2.63. The third kappa shape index (κ3) is 2.20. The second-order valence-corrected chi connectivity index (χ2v) is 3.97. The van der Waals surface area contributed by atoms with E-state index in [-0.39, 0.29) is 5.56 Å². The van der Waals surface area contributed by atoms with Crippen LogP contribution in [-0.2, 0) is 6.54 Å². The first kappa shape index (κ1) is 8.54. The lowest BCUT2D eigenvalue weighted by atomic mass is 10.2. The first-order valence-electron chi connectivity index (χ1n) is 4.93. The zero-order valence-electron chi connectivity index (χ0n) is 7.99. The Morgan fingerprint density at radius 2 is 2.31 bits per heavy atom. The summed E-state index contributed by atoms with van der Waals surface area (Å²) in [4.78, 5) is 11.4. The Bertz CT molecular complexity index is 349. The van der Waals surface area contributed by atoms with E-state index in [1.165, 1.54) is 19.3 Å². The molecule has 1 saturated carbocycles. The summed E-state index contributed by atoms with van der Waals surface area (Å²) in [5, 5.41) is 0. The Kier molecular flexibility index (Phi) is 2.21. The molecule has 0 bridgehead atoms. The smallest absolute Gasteiger partial charge is 0.250 e. The molecule has 0 amide bonds. The fourth-order valence-corrected chi connectivity index (χ4v) is 1.52. The van der Waals surface area contributed by atoms with Gasteiger partial charge in [-0.15, -0.1) is 0 Å². The molecular weight excluding hydrogens is 162 g/mol. The molecule has 0 unspecified atom stereocenters. The molecule has 1 aliphatic rings. The summed E-state index contributed by atoms with van der Waals surface area (Å²) in [6.07, 6.45) is 5.80. The van der Waals surface area contributed by atoms with Gasteiger partial charge in [-0.05, 0) is 30.9 Å². The monoisotopic (exact) mass is 177 g/mol. The first-order chi connectivity index (χ1) is 6.25. The van der Waals surface area contributed by atoms with Gasteiger partial charge in [0.1, 0.15) is 0 Å². The van der Waals surface area contributed by atoms with Crippen LogP contribution in [0.25, 0.3) is 0 Å². The van der Waals surface area contributed by atoms with E-state index in [0.29, 0.717) is 0 Å². The predicted octanol–water partition coefficient (Wildman–Crippen LogP) is 1.96. The number of hydrogen-bond donors (Lipinski definition) is 0. The number of pyridine rings is 1. The van der Waals surface area contributed by atoms with Crippen LogP contribution in [0.1, 0.15) is 24.8 Å². The van der Waals surface area contributed by atoms with Crippen LogP contribution in [0.2, 0.25) is 0 Å². The van der Waals surface area contributed by atoms with Crippen molar-refractivity contribution < 1.29 is 0 Å². The Labute approximate surface area is 78.2 Å². The number of aromatic nitrogens is 1. The van der Waals surface area contributed by atoms with Gasteiger partial charge >= 0.3 is 0 Å². The number of rotatable bonds is 3. The van der Waals surface area contributed by atoms with Crippen molar-refractivity contribution in [3.63, 3.8) is 0 Å². The van der Waals surface area contributed by atoms with Crippen molar-refractivity contribution >= 4 is 0 Å². The SMILES string of the molecule is Cc1ccn(CCC2CC2)c(=O)c1. The number of aryl methyl sites for hydroxylation is 2. The van der Waals surface area contributed by atoms with E-state index in [2.05, 4.69) is 0 Å². The summed E-state index contributed by atoms with van der Waals surface area (Å²) in [7, 11) is 0. The zero-order valence-corrected chi connectivity index (χ0v) is 7.99. The lowest BCUT2D eigenvalue weighted by Gasteiger charge is -2.04. The fourth-order valence-electron chi connectivity index (χ4n) is 1.52. The Morgan fingerprint density at radius 1 is 1.54 bits per heavy atom. The van der Waals surface area contributed by atoms with Gasteiger partial charge in [0.05, 0.1) is 0 Å². The van der Waals surface area contributed by atoms with Gasteiger partial charge in [-0.1, -0.05) is 12.8 Å². The van der Waals surface area contributed by atoms with Gasteiger partial charge in [0.15, 0.2) is 0 Å². The predicted molar refractivity (Wildman–Crippen MR) is 52.8 cm³/mol. The molecule has 2 nitrogen and oxygen atoms in total. The van der Waals surface area contributed by atoms with Crippen molar-refractivity contribution in [1.29, 1.82) is 0 Å². The fraction of sp³-hybridized carbons (Fsp3) is 0.545. The van der Waals surface area contributed by atoms with E-state index in [1.54, 1.807) is 6.07 Å². The van der Waals surface area contributed by atoms with E-state index < -0.39 is 0 Å². The van der Waals surface area contributed by atoms with Crippen LogP contribution >= 0.6 is 0 Å². The van der Waals surface area contributed by atoms with Crippen LogP contribution in [0.4, 0.5) is 0 Å². The standard InChI is InChI=1S/C11H15NO/c1-9-4-6-12(11(13)8-9)7-5-10-2-3-10/h4,6,8,10H,2-3,5,7H2,1H3. The van der Waals surface area contributed by atoms with E-state index in [4.69, 9.17) is 0 Å². The molecule has 0 spiro atoms. The van der Waals surface area contributed by atoms with E-state index >= 15 is 0 Å². The molecule has 0 radical (unpaired) electrons. The maximum atomic E-state index is 11.4. The highest BCUT2D eigenvalue weighted by Gasteiger charge is 2.20. The molecule has 1 aromatic rings. The lowest BCUT2D eigenvalue weighted by molar-refractivity contribution is 0.581. The molecule has 0 atom stereocenters. The third-order valence-electron chi connectivity index (χ3n) is 2.63. The van der Waals surface area contributed by atoms with E-state index in [9.17, 15) is 4.79 Å². The molecule has 0 aromatic carbocycles. The Morgan fingerprint density at radius 3 is 2.92 bits per heavy atom. The molecule has 1 aliphatic carbocycles.